The van der Waals surface area contributed by atoms with Gasteiger partial charge >= 0.3 is 0 Å². The Hall–Kier alpha value is -2.10. The van der Waals surface area contributed by atoms with E-state index in [0.717, 1.165) is 42.7 Å². The molecule has 0 saturated carbocycles. The lowest BCUT2D eigenvalue weighted by Crippen LogP contribution is -3.15. The van der Waals surface area contributed by atoms with E-state index in [4.69, 9.17) is 9.72 Å². The van der Waals surface area contributed by atoms with Crippen LogP contribution in [0.15, 0.2) is 24.3 Å². The third-order valence-corrected chi connectivity index (χ3v) is 6.51. The van der Waals surface area contributed by atoms with Gasteiger partial charge in [0.05, 0.1) is 49.5 Å². The van der Waals surface area contributed by atoms with Crippen molar-refractivity contribution in [3.63, 3.8) is 0 Å². The standard InChI is InChI=1S/C19H27N7OS/c1-14(2)17(18-21-22-23-26(18)12-13-27-3)24-8-10-25(11-9-24)19-20-15-6-4-5-7-16(15)28-19/h4-7,14,17H,8-13H2,1-3H3/p+1/t17-/m1/s1. The summed E-state index contributed by atoms with van der Waals surface area (Å²) in [4.78, 5) is 8.78. The maximum absolute atomic E-state index is 5.21. The van der Waals surface area contributed by atoms with Gasteiger partial charge in [-0.1, -0.05) is 37.3 Å². The van der Waals surface area contributed by atoms with Gasteiger partial charge in [0.15, 0.2) is 11.2 Å². The summed E-state index contributed by atoms with van der Waals surface area (Å²) in [6.07, 6.45) is 0. The van der Waals surface area contributed by atoms with Crippen molar-refractivity contribution < 1.29 is 9.64 Å². The maximum Gasteiger partial charge on any atom is 0.209 e. The van der Waals surface area contributed by atoms with E-state index in [1.165, 1.54) is 4.70 Å². The van der Waals surface area contributed by atoms with Crippen LogP contribution in [-0.2, 0) is 11.3 Å². The van der Waals surface area contributed by atoms with Crippen LogP contribution < -0.4 is 9.80 Å². The molecule has 0 amide bonds. The van der Waals surface area contributed by atoms with E-state index >= 15 is 0 Å². The molecule has 3 aromatic rings. The monoisotopic (exact) mass is 402 g/mol. The first-order valence-corrected chi connectivity index (χ1v) is 10.7. The summed E-state index contributed by atoms with van der Waals surface area (Å²) in [7, 11) is 1.70. The number of para-hydroxylation sites is 1. The van der Waals surface area contributed by atoms with Gasteiger partial charge in [0.2, 0.25) is 5.82 Å². The van der Waals surface area contributed by atoms with Crippen LogP contribution in [0.3, 0.4) is 0 Å². The fourth-order valence-electron chi connectivity index (χ4n) is 4.01. The second kappa shape index (κ2) is 8.50. The van der Waals surface area contributed by atoms with Crippen molar-refractivity contribution in [1.29, 1.82) is 0 Å². The number of tetrazole rings is 1. The number of thiazole rings is 1. The molecule has 1 N–H and O–H groups in total. The molecule has 0 spiro atoms. The number of nitrogens with zero attached hydrogens (tertiary/aromatic N) is 6. The topological polar surface area (TPSA) is 73.4 Å². The number of aromatic nitrogens is 5. The Bertz CT molecular complexity index is 867. The number of methoxy groups -OCH3 is 1. The summed E-state index contributed by atoms with van der Waals surface area (Å²) in [6.45, 7) is 9.92. The molecule has 0 unspecified atom stereocenters. The minimum absolute atomic E-state index is 0.282. The highest BCUT2D eigenvalue weighted by Crippen LogP contribution is 2.28. The number of benzene rings is 1. The zero-order valence-electron chi connectivity index (χ0n) is 16.7. The number of hydrogen-bond donors (Lipinski definition) is 1. The van der Waals surface area contributed by atoms with Crippen LogP contribution in [0.5, 0.6) is 0 Å². The highest BCUT2D eigenvalue weighted by molar-refractivity contribution is 7.22. The molecule has 28 heavy (non-hydrogen) atoms. The molecule has 8 nitrogen and oxygen atoms in total. The zero-order chi connectivity index (χ0) is 19.5. The Kier molecular flexibility index (Phi) is 5.84. The Morgan fingerprint density at radius 1 is 1.21 bits per heavy atom. The Labute approximate surface area is 169 Å². The van der Waals surface area contributed by atoms with Crippen molar-refractivity contribution >= 4 is 26.7 Å². The molecule has 0 bridgehead atoms. The van der Waals surface area contributed by atoms with Crippen molar-refractivity contribution in [2.75, 3.05) is 44.8 Å². The molecule has 0 aliphatic carbocycles. The average Bonchev–Trinajstić information content (AvgIpc) is 3.33. The van der Waals surface area contributed by atoms with Gasteiger partial charge in [-0.2, -0.15) is 0 Å². The number of ether oxygens (including phenoxy) is 1. The average molecular weight is 403 g/mol. The number of fused-ring (bicyclic) bond motifs is 1. The first-order chi connectivity index (χ1) is 13.7. The first-order valence-electron chi connectivity index (χ1n) is 9.87. The summed E-state index contributed by atoms with van der Waals surface area (Å²) in [5.41, 5.74) is 1.09. The van der Waals surface area contributed by atoms with Crippen LogP contribution in [0.25, 0.3) is 10.2 Å². The molecule has 1 aliphatic rings. The summed E-state index contributed by atoms with van der Waals surface area (Å²) >= 11 is 1.78. The minimum atomic E-state index is 0.282. The summed E-state index contributed by atoms with van der Waals surface area (Å²) in [5, 5.41) is 13.6. The molecule has 4 rings (SSSR count). The minimum Gasteiger partial charge on any atom is -0.383 e. The van der Waals surface area contributed by atoms with Crippen LogP contribution in [0.2, 0.25) is 0 Å². The number of nitrogens with one attached hydrogen (secondary N) is 1. The molecule has 2 aromatic heterocycles. The lowest BCUT2D eigenvalue weighted by atomic mass is 10.0. The second-order valence-electron chi connectivity index (χ2n) is 7.58. The van der Waals surface area contributed by atoms with E-state index < -0.39 is 0 Å². The van der Waals surface area contributed by atoms with E-state index in [1.807, 2.05) is 4.68 Å². The predicted octanol–water partition coefficient (Wildman–Crippen LogP) is 1.03. The van der Waals surface area contributed by atoms with E-state index in [2.05, 4.69) is 58.5 Å². The highest BCUT2D eigenvalue weighted by atomic mass is 32.1. The van der Waals surface area contributed by atoms with Gasteiger partial charge in [-0.15, -0.1) is 5.10 Å². The molecular weight excluding hydrogens is 374 g/mol. The Morgan fingerprint density at radius 3 is 2.71 bits per heavy atom. The highest BCUT2D eigenvalue weighted by Gasteiger charge is 2.35. The maximum atomic E-state index is 5.21. The molecule has 9 heteroatoms. The molecule has 1 saturated heterocycles. The molecule has 1 fully saturated rings. The van der Waals surface area contributed by atoms with Crippen LogP contribution >= 0.6 is 11.3 Å². The zero-order valence-corrected chi connectivity index (χ0v) is 17.5. The van der Waals surface area contributed by atoms with Gasteiger partial charge < -0.3 is 14.5 Å². The fraction of sp³-hybridized carbons (Fsp3) is 0.579. The number of piperazine rings is 1. The SMILES string of the molecule is COCCn1nnnc1[C@@H](C(C)C)[NH+]1CCN(c2nc3ccccc3s2)CC1. The number of hydrogen-bond acceptors (Lipinski definition) is 7. The van der Waals surface area contributed by atoms with E-state index in [9.17, 15) is 0 Å². The van der Waals surface area contributed by atoms with Crippen molar-refractivity contribution in [2.24, 2.45) is 5.92 Å². The second-order valence-corrected chi connectivity index (χ2v) is 8.59. The van der Waals surface area contributed by atoms with Gasteiger partial charge in [-0.25, -0.2) is 9.67 Å². The first kappa shape index (κ1) is 19.2. The van der Waals surface area contributed by atoms with E-state index in [0.29, 0.717) is 19.1 Å². The smallest absolute Gasteiger partial charge is 0.209 e. The summed E-state index contributed by atoms with van der Waals surface area (Å²) < 4.78 is 8.37. The van der Waals surface area contributed by atoms with Crippen molar-refractivity contribution in [1.82, 2.24) is 25.2 Å². The third kappa shape index (κ3) is 3.87. The van der Waals surface area contributed by atoms with Gasteiger partial charge in [0, 0.05) is 13.0 Å². The number of rotatable bonds is 7. The van der Waals surface area contributed by atoms with E-state index in [1.54, 1.807) is 23.3 Å². The Balaban J connectivity index is 1.47. The Morgan fingerprint density at radius 2 is 2.00 bits per heavy atom. The van der Waals surface area contributed by atoms with Crippen LogP contribution in [0, 0.1) is 5.92 Å². The largest absolute Gasteiger partial charge is 0.383 e. The van der Waals surface area contributed by atoms with E-state index in [-0.39, 0.29) is 6.04 Å². The van der Waals surface area contributed by atoms with Gasteiger partial charge in [0.1, 0.15) is 0 Å². The number of anilines is 1. The third-order valence-electron chi connectivity index (χ3n) is 5.41. The lowest BCUT2D eigenvalue weighted by Gasteiger charge is -2.37. The molecule has 150 valence electrons. The normalized spacial score (nSPS) is 16.9. The van der Waals surface area contributed by atoms with Gasteiger partial charge in [-0.3, -0.25) is 0 Å². The predicted molar refractivity (Wildman–Crippen MR) is 110 cm³/mol. The number of quaternary nitrogens is 1. The van der Waals surface area contributed by atoms with Gasteiger partial charge in [0.25, 0.3) is 0 Å². The summed E-state index contributed by atoms with van der Waals surface area (Å²) in [6, 6.07) is 8.64. The molecule has 1 aliphatic heterocycles. The molecular formula is C19H28N7OS+. The molecule has 3 heterocycles. The van der Waals surface area contributed by atoms with Crippen LogP contribution in [-0.4, -0.2) is 65.1 Å². The lowest BCUT2D eigenvalue weighted by molar-refractivity contribution is -0.937. The molecule has 1 aromatic carbocycles. The van der Waals surface area contributed by atoms with Crippen molar-refractivity contribution in [2.45, 2.75) is 26.4 Å². The summed E-state index contributed by atoms with van der Waals surface area (Å²) in [5.74, 6) is 1.42. The quantitative estimate of drug-likeness (QED) is 0.636. The molecule has 1 atom stereocenters. The van der Waals surface area contributed by atoms with Crippen LogP contribution in [0.4, 0.5) is 5.13 Å². The van der Waals surface area contributed by atoms with Crippen molar-refractivity contribution in [3.8, 4) is 0 Å². The van der Waals surface area contributed by atoms with Crippen molar-refractivity contribution in [3.05, 3.63) is 30.1 Å². The molecule has 0 radical (unpaired) electrons. The van der Waals surface area contributed by atoms with Gasteiger partial charge in [-0.05, 0) is 22.6 Å². The van der Waals surface area contributed by atoms with Crippen LogP contribution in [0.1, 0.15) is 25.7 Å². The fourth-order valence-corrected chi connectivity index (χ4v) is 5.03.